The third-order valence-electron chi connectivity index (χ3n) is 4.72. The number of para-hydroxylation sites is 1. The minimum absolute atomic E-state index is 0.178. The number of carbonyl (C=O) groups excluding carboxylic acids is 1. The lowest BCUT2D eigenvalue weighted by molar-refractivity contribution is 0.103. The predicted octanol–water partition coefficient (Wildman–Crippen LogP) is 4.73. The van der Waals surface area contributed by atoms with Crippen LogP contribution in [0.25, 0.3) is 10.9 Å². The topological polar surface area (TPSA) is 102 Å². The number of guanidine groups is 1. The Balaban J connectivity index is 1.46. The van der Waals surface area contributed by atoms with Gasteiger partial charge in [0.25, 0.3) is 5.91 Å². The molecule has 0 aliphatic rings. The van der Waals surface area contributed by atoms with Crippen LogP contribution < -0.4 is 21.3 Å². The lowest BCUT2D eigenvalue weighted by atomic mass is 10.1. The fraction of sp³-hybridized carbons (Fsp3) is 0.0870. The van der Waals surface area contributed by atoms with Gasteiger partial charge in [-0.2, -0.15) is 0 Å². The van der Waals surface area contributed by atoms with Crippen LogP contribution in [0.5, 0.6) is 0 Å². The van der Waals surface area contributed by atoms with Crippen molar-refractivity contribution < 1.29 is 4.79 Å². The number of carbonyl (C=O) groups is 1. The number of benzene rings is 2. The van der Waals surface area contributed by atoms with Crippen molar-refractivity contribution in [1.82, 2.24) is 10.3 Å². The SMILES string of the molecule is CNC(=N)Nc1cccc(NC(=O)c2sccc2NCc2ccnc3ccccc23)c1. The molecule has 156 valence electrons. The number of fused-ring (bicyclic) bond motifs is 1. The molecule has 5 N–H and O–H groups in total. The molecule has 8 heteroatoms. The summed E-state index contributed by atoms with van der Waals surface area (Å²) in [7, 11) is 1.67. The second kappa shape index (κ2) is 9.27. The summed E-state index contributed by atoms with van der Waals surface area (Å²) >= 11 is 1.39. The van der Waals surface area contributed by atoms with Crippen molar-refractivity contribution in [3.63, 3.8) is 0 Å². The number of rotatable bonds is 6. The lowest BCUT2D eigenvalue weighted by Gasteiger charge is -2.11. The van der Waals surface area contributed by atoms with E-state index >= 15 is 0 Å². The summed E-state index contributed by atoms with van der Waals surface area (Å²) in [6.07, 6.45) is 1.80. The number of anilines is 3. The van der Waals surface area contributed by atoms with Crippen molar-refractivity contribution in [3.05, 3.63) is 82.7 Å². The van der Waals surface area contributed by atoms with Crippen LogP contribution in [-0.2, 0) is 6.54 Å². The number of hydrogen-bond acceptors (Lipinski definition) is 5. The highest BCUT2D eigenvalue weighted by Crippen LogP contribution is 2.26. The van der Waals surface area contributed by atoms with Crippen molar-refractivity contribution in [2.75, 3.05) is 23.0 Å². The molecule has 0 aliphatic heterocycles. The van der Waals surface area contributed by atoms with Crippen molar-refractivity contribution >= 4 is 51.2 Å². The van der Waals surface area contributed by atoms with Crippen molar-refractivity contribution in [1.29, 1.82) is 5.41 Å². The van der Waals surface area contributed by atoms with Crippen LogP contribution in [0, 0.1) is 5.41 Å². The maximum Gasteiger partial charge on any atom is 0.267 e. The van der Waals surface area contributed by atoms with E-state index in [1.54, 1.807) is 19.3 Å². The molecule has 4 aromatic rings. The van der Waals surface area contributed by atoms with Gasteiger partial charge in [0, 0.05) is 36.6 Å². The first kappa shape index (κ1) is 20.4. The van der Waals surface area contributed by atoms with Gasteiger partial charge in [-0.15, -0.1) is 11.3 Å². The molecule has 0 radical (unpaired) electrons. The molecule has 2 aromatic carbocycles. The molecule has 4 rings (SSSR count). The first-order chi connectivity index (χ1) is 15.1. The smallest absolute Gasteiger partial charge is 0.267 e. The normalized spacial score (nSPS) is 10.5. The Morgan fingerprint density at radius 1 is 1.03 bits per heavy atom. The Labute approximate surface area is 184 Å². The summed E-state index contributed by atoms with van der Waals surface area (Å²) in [6.45, 7) is 0.589. The van der Waals surface area contributed by atoms with E-state index < -0.39 is 0 Å². The molecular formula is C23H22N6OS. The van der Waals surface area contributed by atoms with Crippen LogP contribution in [0.3, 0.4) is 0 Å². The van der Waals surface area contributed by atoms with E-state index in [0.717, 1.165) is 22.2 Å². The lowest BCUT2D eigenvalue weighted by Crippen LogP contribution is -2.25. The number of amides is 1. The third-order valence-corrected chi connectivity index (χ3v) is 5.63. The van der Waals surface area contributed by atoms with Crippen LogP contribution in [0.1, 0.15) is 15.2 Å². The minimum Gasteiger partial charge on any atom is -0.380 e. The Bertz CT molecular complexity index is 1230. The quantitative estimate of drug-likeness (QED) is 0.225. The molecule has 0 atom stereocenters. The van der Waals surface area contributed by atoms with Gasteiger partial charge in [-0.1, -0.05) is 24.3 Å². The zero-order chi connectivity index (χ0) is 21.6. The fourth-order valence-electron chi connectivity index (χ4n) is 3.19. The Morgan fingerprint density at radius 2 is 1.84 bits per heavy atom. The van der Waals surface area contributed by atoms with Crippen LogP contribution in [0.4, 0.5) is 17.1 Å². The molecule has 31 heavy (non-hydrogen) atoms. The molecule has 2 heterocycles. The summed E-state index contributed by atoms with van der Waals surface area (Å²) in [5, 5.41) is 22.6. The monoisotopic (exact) mass is 430 g/mol. The van der Waals surface area contributed by atoms with E-state index in [1.807, 2.05) is 53.9 Å². The molecule has 0 spiro atoms. The average Bonchev–Trinajstić information content (AvgIpc) is 3.26. The van der Waals surface area contributed by atoms with Gasteiger partial charge in [0.05, 0.1) is 11.2 Å². The highest BCUT2D eigenvalue weighted by atomic mass is 32.1. The Hall–Kier alpha value is -3.91. The number of pyridine rings is 1. The Morgan fingerprint density at radius 3 is 2.68 bits per heavy atom. The summed E-state index contributed by atoms with van der Waals surface area (Å²) in [5.74, 6) is -0.00483. The first-order valence-electron chi connectivity index (χ1n) is 9.73. The molecule has 0 aliphatic carbocycles. The molecule has 0 fully saturated rings. The van der Waals surface area contributed by atoms with Crippen LogP contribution in [0.2, 0.25) is 0 Å². The second-order valence-electron chi connectivity index (χ2n) is 6.79. The number of nitrogens with zero attached hydrogens (tertiary/aromatic N) is 1. The van der Waals surface area contributed by atoms with Gasteiger partial charge in [0.2, 0.25) is 0 Å². The van der Waals surface area contributed by atoms with Crippen LogP contribution in [-0.4, -0.2) is 23.9 Å². The number of hydrogen-bond donors (Lipinski definition) is 5. The minimum atomic E-state index is -0.182. The van der Waals surface area contributed by atoms with Gasteiger partial charge in [-0.05, 0) is 47.3 Å². The highest BCUT2D eigenvalue weighted by Gasteiger charge is 2.14. The zero-order valence-electron chi connectivity index (χ0n) is 16.9. The second-order valence-corrected chi connectivity index (χ2v) is 7.71. The van der Waals surface area contributed by atoms with Crippen LogP contribution >= 0.6 is 11.3 Å². The molecule has 0 saturated heterocycles. The van der Waals surface area contributed by atoms with Gasteiger partial charge >= 0.3 is 0 Å². The number of nitrogens with one attached hydrogen (secondary N) is 5. The molecule has 1 amide bonds. The van der Waals surface area contributed by atoms with E-state index in [4.69, 9.17) is 5.41 Å². The molecule has 0 saturated carbocycles. The summed E-state index contributed by atoms with van der Waals surface area (Å²) in [5.41, 5.74) is 4.22. The third kappa shape index (κ3) is 4.81. The molecule has 7 nitrogen and oxygen atoms in total. The maximum absolute atomic E-state index is 12.9. The van der Waals surface area contributed by atoms with Crippen LogP contribution in [0.15, 0.2) is 72.2 Å². The zero-order valence-corrected chi connectivity index (χ0v) is 17.7. The molecule has 0 bridgehead atoms. The standard InChI is InChI=1S/C23H22N6OS/c1-25-23(24)29-17-6-4-5-16(13-17)28-22(30)21-20(10-12-31-21)27-14-15-9-11-26-19-8-3-2-7-18(15)19/h2-13,27H,14H2,1H3,(H,28,30)(H3,24,25,29). The summed E-state index contributed by atoms with van der Waals surface area (Å²) in [4.78, 5) is 17.9. The van der Waals surface area contributed by atoms with E-state index in [-0.39, 0.29) is 11.9 Å². The van der Waals surface area contributed by atoms with Gasteiger partial charge in [0.1, 0.15) is 4.88 Å². The summed E-state index contributed by atoms with van der Waals surface area (Å²) < 4.78 is 0. The van der Waals surface area contributed by atoms with E-state index in [2.05, 4.69) is 32.3 Å². The first-order valence-corrected chi connectivity index (χ1v) is 10.6. The van der Waals surface area contributed by atoms with Gasteiger partial charge < -0.3 is 21.3 Å². The molecular weight excluding hydrogens is 408 g/mol. The van der Waals surface area contributed by atoms with Gasteiger partial charge in [0.15, 0.2) is 5.96 Å². The predicted molar refractivity (Wildman–Crippen MR) is 128 cm³/mol. The average molecular weight is 431 g/mol. The van der Waals surface area contributed by atoms with Gasteiger partial charge in [-0.3, -0.25) is 15.2 Å². The summed E-state index contributed by atoms with van der Waals surface area (Å²) in [6, 6.07) is 19.2. The Kier molecular flexibility index (Phi) is 6.09. The van der Waals surface area contributed by atoms with Gasteiger partial charge in [-0.25, -0.2) is 0 Å². The van der Waals surface area contributed by atoms with Crippen molar-refractivity contribution in [3.8, 4) is 0 Å². The largest absolute Gasteiger partial charge is 0.380 e. The molecule has 0 unspecified atom stereocenters. The molecule has 2 aromatic heterocycles. The van der Waals surface area contributed by atoms with Crippen molar-refractivity contribution in [2.45, 2.75) is 6.54 Å². The fourth-order valence-corrected chi connectivity index (χ4v) is 3.96. The number of aromatic nitrogens is 1. The van der Waals surface area contributed by atoms with E-state index in [9.17, 15) is 4.79 Å². The number of thiophene rings is 1. The van der Waals surface area contributed by atoms with E-state index in [0.29, 0.717) is 22.8 Å². The highest BCUT2D eigenvalue weighted by molar-refractivity contribution is 7.12. The van der Waals surface area contributed by atoms with Crippen molar-refractivity contribution in [2.24, 2.45) is 0 Å². The maximum atomic E-state index is 12.9. The van der Waals surface area contributed by atoms with E-state index in [1.165, 1.54) is 11.3 Å².